The van der Waals surface area contributed by atoms with E-state index in [2.05, 4.69) is 284 Å². The van der Waals surface area contributed by atoms with Gasteiger partial charge < -0.3 is 0 Å². The van der Waals surface area contributed by atoms with E-state index in [-0.39, 0.29) is 0 Å². The summed E-state index contributed by atoms with van der Waals surface area (Å²) in [6.07, 6.45) is 3.76. The van der Waals surface area contributed by atoms with E-state index in [1.807, 2.05) is 18.5 Å². The lowest BCUT2D eigenvalue weighted by atomic mass is 9.67. The van der Waals surface area contributed by atoms with Gasteiger partial charge in [-0.1, -0.05) is 261 Å². The first-order valence-electron chi connectivity index (χ1n) is 26.4. The molecule has 0 bridgehead atoms. The minimum Gasteiger partial charge on any atom is -0.264 e. The molecule has 0 unspecified atom stereocenters. The number of benzene rings is 12. The van der Waals surface area contributed by atoms with E-state index in [1.54, 1.807) is 0 Å². The van der Waals surface area contributed by atoms with Crippen molar-refractivity contribution in [1.29, 1.82) is 0 Å². The second-order valence-electron chi connectivity index (χ2n) is 20.5. The molecule has 0 fully saturated rings. The van der Waals surface area contributed by atoms with Crippen molar-refractivity contribution in [2.75, 3.05) is 0 Å². The van der Waals surface area contributed by atoms with Crippen molar-refractivity contribution < 1.29 is 0 Å². The van der Waals surface area contributed by atoms with Gasteiger partial charge in [-0.15, -0.1) is 0 Å². The summed E-state index contributed by atoms with van der Waals surface area (Å²) in [6.45, 7) is 0. The Kier molecular flexibility index (Phi) is 10.1. The van der Waals surface area contributed by atoms with Crippen LogP contribution in [0, 0.1) is 0 Å². The van der Waals surface area contributed by atoms with E-state index in [4.69, 9.17) is 0 Å². The summed E-state index contributed by atoms with van der Waals surface area (Å²) < 4.78 is 0. The average Bonchev–Trinajstić information content (AvgIpc) is 4.03. The van der Waals surface area contributed by atoms with Crippen LogP contribution in [0.2, 0.25) is 0 Å². The zero-order valence-electron chi connectivity index (χ0n) is 41.7. The molecular formula is C75H49N. The normalized spacial score (nSPS) is 13.5. The van der Waals surface area contributed by atoms with Gasteiger partial charge >= 0.3 is 0 Å². The van der Waals surface area contributed by atoms with Crippen molar-refractivity contribution in [3.8, 4) is 66.8 Å². The third-order valence-electron chi connectivity index (χ3n) is 16.7. The maximum atomic E-state index is 4.42. The summed E-state index contributed by atoms with van der Waals surface area (Å²) in [5, 5.41) is 4.87. The van der Waals surface area contributed by atoms with Gasteiger partial charge in [-0.25, -0.2) is 0 Å². The predicted octanol–water partition coefficient (Wildman–Crippen LogP) is 18.8. The molecule has 1 nitrogen and oxygen atoms in total. The molecule has 13 aromatic rings. The number of nitrogens with zero attached hydrogens (tertiary/aromatic N) is 1. The van der Waals surface area contributed by atoms with Gasteiger partial charge in [-0.2, -0.15) is 0 Å². The molecule has 2 aliphatic rings. The summed E-state index contributed by atoms with van der Waals surface area (Å²) >= 11 is 0. The SMILES string of the molecule is c1ccc(C2(c3ccccc3)c3ccccc3-c3ccc(-c4c5ccccc5c(-c5ccc6c(c5)C(c5ccccc5)(c5ccccc5)c5ccccc5-6)c5cc(-c6ccc(-c7cccnc7)cc6)ccc45)cc32)cc1. The lowest BCUT2D eigenvalue weighted by Crippen LogP contribution is -2.28. The van der Waals surface area contributed by atoms with Crippen molar-refractivity contribution in [3.63, 3.8) is 0 Å². The first-order valence-corrected chi connectivity index (χ1v) is 26.4. The van der Waals surface area contributed by atoms with E-state index in [1.165, 1.54) is 116 Å². The van der Waals surface area contributed by atoms with E-state index < -0.39 is 10.8 Å². The van der Waals surface area contributed by atoms with Crippen LogP contribution in [0.5, 0.6) is 0 Å². The molecule has 2 aliphatic carbocycles. The van der Waals surface area contributed by atoms with Crippen LogP contribution in [-0.2, 0) is 10.8 Å². The quantitative estimate of drug-likeness (QED) is 0.138. The summed E-state index contributed by atoms with van der Waals surface area (Å²) in [7, 11) is 0. The van der Waals surface area contributed by atoms with Gasteiger partial charge in [0.15, 0.2) is 0 Å². The molecular weight excluding hydrogens is 915 g/mol. The number of rotatable bonds is 8. The molecule has 0 radical (unpaired) electrons. The Labute approximate surface area is 443 Å². The minimum absolute atomic E-state index is 0.531. The van der Waals surface area contributed by atoms with Gasteiger partial charge in [0.25, 0.3) is 0 Å². The monoisotopic (exact) mass is 963 g/mol. The molecule has 0 amide bonds. The Bertz CT molecular complexity index is 4270. The summed E-state index contributed by atoms with van der Waals surface area (Å²) in [6, 6.07) is 107. The second kappa shape index (κ2) is 17.5. The van der Waals surface area contributed by atoms with Crippen LogP contribution in [0.4, 0.5) is 0 Å². The van der Waals surface area contributed by atoms with Crippen LogP contribution in [0.1, 0.15) is 44.5 Å². The highest BCUT2D eigenvalue weighted by atomic mass is 14.6. The van der Waals surface area contributed by atoms with Gasteiger partial charge in [-0.05, 0) is 157 Å². The van der Waals surface area contributed by atoms with Crippen molar-refractivity contribution >= 4 is 21.5 Å². The van der Waals surface area contributed by atoms with Crippen LogP contribution in [0.25, 0.3) is 88.3 Å². The molecule has 0 N–H and O–H groups in total. The Morgan fingerprint density at radius 3 is 1.05 bits per heavy atom. The average molecular weight is 964 g/mol. The highest BCUT2D eigenvalue weighted by Gasteiger charge is 2.47. The maximum Gasteiger partial charge on any atom is 0.0713 e. The first-order chi connectivity index (χ1) is 37.7. The molecule has 354 valence electrons. The van der Waals surface area contributed by atoms with Crippen LogP contribution < -0.4 is 0 Å². The molecule has 1 aromatic heterocycles. The number of hydrogen-bond donors (Lipinski definition) is 0. The standard InChI is InChI=1S/C75H49N/c1-5-21-56(22-6-1)74(57-23-7-2-8-24-57)68-33-17-15-29-60(68)62-42-40-53(47-70(62)74)72-64-31-13-14-32-65(64)73(67-46-52(39-44-66(67)72)50-35-37-51(38-36-50)55-20-19-45-76-49-55)54-41-43-63-61-30-16-18-34-69(61)75(71(63)48-54,58-25-9-3-10-26-58)59-27-11-4-12-28-59/h1-49H. The Morgan fingerprint density at radius 1 is 0.224 bits per heavy atom. The number of aromatic nitrogens is 1. The zero-order chi connectivity index (χ0) is 50.2. The summed E-state index contributed by atoms with van der Waals surface area (Å²) in [5.41, 5.74) is 23.7. The van der Waals surface area contributed by atoms with Crippen molar-refractivity contribution in [3.05, 3.63) is 342 Å². The van der Waals surface area contributed by atoms with E-state index in [9.17, 15) is 0 Å². The molecule has 0 spiro atoms. The molecule has 0 saturated heterocycles. The van der Waals surface area contributed by atoms with Gasteiger partial charge in [0.2, 0.25) is 0 Å². The Morgan fingerprint density at radius 2 is 0.592 bits per heavy atom. The molecule has 1 heterocycles. The number of hydrogen-bond acceptors (Lipinski definition) is 1. The van der Waals surface area contributed by atoms with Gasteiger partial charge in [0.05, 0.1) is 10.8 Å². The molecule has 12 aromatic carbocycles. The third-order valence-corrected chi connectivity index (χ3v) is 16.7. The fraction of sp³-hybridized carbons (Fsp3) is 0.0267. The fourth-order valence-electron chi connectivity index (χ4n) is 13.6. The first kappa shape index (κ1) is 43.9. The van der Waals surface area contributed by atoms with Gasteiger partial charge in [0, 0.05) is 12.4 Å². The van der Waals surface area contributed by atoms with Crippen molar-refractivity contribution in [1.82, 2.24) is 4.98 Å². The predicted molar refractivity (Wildman–Crippen MR) is 316 cm³/mol. The van der Waals surface area contributed by atoms with Crippen molar-refractivity contribution in [2.24, 2.45) is 0 Å². The van der Waals surface area contributed by atoms with Gasteiger partial charge in [0.1, 0.15) is 0 Å². The van der Waals surface area contributed by atoms with Crippen LogP contribution in [0.3, 0.4) is 0 Å². The molecule has 0 aliphatic heterocycles. The highest BCUT2D eigenvalue weighted by molar-refractivity contribution is 6.22. The van der Waals surface area contributed by atoms with Gasteiger partial charge in [-0.3, -0.25) is 4.98 Å². The van der Waals surface area contributed by atoms with E-state index >= 15 is 0 Å². The van der Waals surface area contributed by atoms with Crippen LogP contribution >= 0.6 is 0 Å². The second-order valence-corrected chi connectivity index (χ2v) is 20.5. The van der Waals surface area contributed by atoms with Crippen molar-refractivity contribution in [2.45, 2.75) is 10.8 Å². The van der Waals surface area contributed by atoms with Crippen LogP contribution in [-0.4, -0.2) is 4.98 Å². The molecule has 1 heteroatoms. The minimum atomic E-state index is -0.539. The lowest BCUT2D eigenvalue weighted by molar-refractivity contribution is 0.769. The summed E-state index contributed by atoms with van der Waals surface area (Å²) in [4.78, 5) is 4.42. The topological polar surface area (TPSA) is 12.9 Å². The maximum absolute atomic E-state index is 4.42. The Balaban J connectivity index is 1.02. The molecule has 15 rings (SSSR count). The zero-order valence-corrected chi connectivity index (χ0v) is 41.7. The largest absolute Gasteiger partial charge is 0.264 e. The molecule has 0 saturated carbocycles. The van der Waals surface area contributed by atoms with Crippen LogP contribution in [0.15, 0.2) is 298 Å². The molecule has 0 atom stereocenters. The summed E-state index contributed by atoms with van der Waals surface area (Å²) in [5.74, 6) is 0. The Hall–Kier alpha value is -9.69. The number of fused-ring (bicyclic) bond motifs is 8. The molecule has 76 heavy (non-hydrogen) atoms. The number of pyridine rings is 1. The highest BCUT2D eigenvalue weighted by Crippen LogP contribution is 2.59. The van der Waals surface area contributed by atoms with E-state index in [0.717, 1.165) is 16.7 Å². The lowest BCUT2D eigenvalue weighted by Gasteiger charge is -2.34. The third kappa shape index (κ3) is 6.42. The smallest absolute Gasteiger partial charge is 0.0713 e. The fourth-order valence-corrected chi connectivity index (χ4v) is 13.6. The van der Waals surface area contributed by atoms with E-state index in [0.29, 0.717) is 0 Å².